The molecule has 0 spiro atoms. The van der Waals surface area contributed by atoms with Crippen LogP contribution >= 0.6 is 23.4 Å². The molecule has 2 amide bonds. The summed E-state index contributed by atoms with van der Waals surface area (Å²) in [6.07, 6.45) is 0.0727. The molecule has 0 aliphatic heterocycles. The van der Waals surface area contributed by atoms with Crippen LogP contribution in [0.15, 0.2) is 41.6 Å². The summed E-state index contributed by atoms with van der Waals surface area (Å²) < 4.78 is 6.94. The average molecular weight is 474 g/mol. The Balaban J connectivity index is 1.57. The lowest BCUT2D eigenvalue weighted by Gasteiger charge is -2.10. The lowest BCUT2D eigenvalue weighted by molar-refractivity contribution is -0.116. The van der Waals surface area contributed by atoms with Gasteiger partial charge in [0, 0.05) is 17.8 Å². The predicted molar refractivity (Wildman–Crippen MR) is 127 cm³/mol. The van der Waals surface area contributed by atoms with Crippen LogP contribution in [0, 0.1) is 13.8 Å². The maximum absolute atomic E-state index is 12.5. The minimum absolute atomic E-state index is 0.0727. The van der Waals surface area contributed by atoms with Crippen LogP contribution in [0.4, 0.5) is 11.4 Å². The van der Waals surface area contributed by atoms with Gasteiger partial charge in [0.25, 0.3) is 0 Å². The Hall–Kier alpha value is -3.04. The first-order chi connectivity index (χ1) is 15.3. The first kappa shape index (κ1) is 23.6. The quantitative estimate of drug-likeness (QED) is 0.480. The molecule has 0 fully saturated rings. The van der Waals surface area contributed by atoms with E-state index >= 15 is 0 Å². The molecule has 2 aromatic carbocycles. The maximum atomic E-state index is 12.5. The molecule has 2 N–H and O–H groups in total. The number of hydrogen-bond acceptors (Lipinski definition) is 6. The summed E-state index contributed by atoms with van der Waals surface area (Å²) in [7, 11) is 3.28. The van der Waals surface area contributed by atoms with Crippen LogP contribution in [0.25, 0.3) is 0 Å². The van der Waals surface area contributed by atoms with Crippen LogP contribution in [0.5, 0.6) is 5.75 Å². The fourth-order valence-corrected chi connectivity index (χ4v) is 3.91. The summed E-state index contributed by atoms with van der Waals surface area (Å²) in [6.45, 7) is 3.95. The number of anilines is 2. The molecular formula is C22H24ClN5O3S. The number of halogens is 1. The normalized spacial score (nSPS) is 10.7. The second kappa shape index (κ2) is 10.5. The van der Waals surface area contributed by atoms with Gasteiger partial charge >= 0.3 is 0 Å². The topological polar surface area (TPSA) is 98.1 Å². The Morgan fingerprint density at radius 3 is 2.53 bits per heavy atom. The predicted octanol–water partition coefficient (Wildman–Crippen LogP) is 4.01. The Kier molecular flexibility index (Phi) is 7.76. The van der Waals surface area contributed by atoms with Gasteiger partial charge in [-0.25, -0.2) is 0 Å². The van der Waals surface area contributed by atoms with Crippen molar-refractivity contribution in [2.45, 2.75) is 25.4 Å². The summed E-state index contributed by atoms with van der Waals surface area (Å²) in [5.41, 5.74) is 3.39. The molecule has 0 radical (unpaired) electrons. The summed E-state index contributed by atoms with van der Waals surface area (Å²) >= 11 is 7.22. The zero-order valence-corrected chi connectivity index (χ0v) is 19.8. The van der Waals surface area contributed by atoms with Crippen molar-refractivity contribution >= 4 is 46.6 Å². The number of hydrogen-bond donors (Lipinski definition) is 2. The third kappa shape index (κ3) is 6.02. The van der Waals surface area contributed by atoms with E-state index in [2.05, 4.69) is 20.8 Å². The van der Waals surface area contributed by atoms with Crippen LogP contribution in [0.2, 0.25) is 5.02 Å². The third-order valence-corrected chi connectivity index (χ3v) is 5.92. The van der Waals surface area contributed by atoms with E-state index < -0.39 is 0 Å². The molecule has 1 heterocycles. The van der Waals surface area contributed by atoms with Crippen molar-refractivity contribution in [3.05, 3.63) is 58.4 Å². The number of carbonyl (C=O) groups excluding carboxylic acids is 2. The van der Waals surface area contributed by atoms with E-state index in [4.69, 9.17) is 16.3 Å². The van der Waals surface area contributed by atoms with Crippen molar-refractivity contribution in [2.75, 3.05) is 23.5 Å². The molecule has 0 saturated carbocycles. The number of carbonyl (C=O) groups is 2. The highest BCUT2D eigenvalue weighted by Gasteiger charge is 2.16. The van der Waals surface area contributed by atoms with Gasteiger partial charge in [-0.05, 0) is 43.7 Å². The number of nitrogens with one attached hydrogen (secondary N) is 2. The first-order valence-electron chi connectivity index (χ1n) is 9.78. The highest BCUT2D eigenvalue weighted by Crippen LogP contribution is 2.28. The number of rotatable bonds is 8. The Morgan fingerprint density at radius 1 is 1.06 bits per heavy atom. The average Bonchev–Trinajstić information content (AvgIpc) is 3.08. The van der Waals surface area contributed by atoms with Gasteiger partial charge in [-0.15, -0.1) is 10.2 Å². The second-order valence-corrected chi connectivity index (χ2v) is 8.56. The lowest BCUT2D eigenvalue weighted by atomic mass is 10.1. The number of methoxy groups -OCH3 is 1. The molecular weight excluding hydrogens is 450 g/mol. The van der Waals surface area contributed by atoms with Crippen LogP contribution < -0.4 is 15.4 Å². The summed E-state index contributed by atoms with van der Waals surface area (Å²) in [5.74, 6) is 0.703. The number of aryl methyl sites for hydroxylation is 2. The van der Waals surface area contributed by atoms with Gasteiger partial charge in [-0.2, -0.15) is 0 Å². The molecule has 0 aliphatic carbocycles. The van der Waals surface area contributed by atoms with Crippen molar-refractivity contribution in [3.63, 3.8) is 0 Å². The van der Waals surface area contributed by atoms with Crippen molar-refractivity contribution in [2.24, 2.45) is 7.05 Å². The number of nitrogens with zero attached hydrogens (tertiary/aromatic N) is 3. The maximum Gasteiger partial charge on any atom is 0.234 e. The van der Waals surface area contributed by atoms with Gasteiger partial charge in [0.15, 0.2) is 5.16 Å². The number of benzene rings is 2. The SMILES string of the molecule is COc1ccc(Cl)cc1NC(=O)CSc1nnc(CC(=O)Nc2ccc(C)cc2C)n1C. The monoisotopic (exact) mass is 473 g/mol. The molecule has 8 nitrogen and oxygen atoms in total. The van der Waals surface area contributed by atoms with E-state index in [0.717, 1.165) is 16.8 Å². The third-order valence-electron chi connectivity index (χ3n) is 4.67. The van der Waals surface area contributed by atoms with Crippen molar-refractivity contribution in [3.8, 4) is 5.75 Å². The van der Waals surface area contributed by atoms with Crippen LogP contribution in [0.1, 0.15) is 17.0 Å². The largest absolute Gasteiger partial charge is 0.495 e. The fraction of sp³-hybridized carbons (Fsp3) is 0.273. The van der Waals surface area contributed by atoms with Gasteiger partial charge in [-0.1, -0.05) is 41.1 Å². The minimum atomic E-state index is -0.243. The molecule has 168 valence electrons. The molecule has 0 bridgehead atoms. The summed E-state index contributed by atoms with van der Waals surface area (Å²) in [6, 6.07) is 10.8. The molecule has 0 aliphatic rings. The van der Waals surface area contributed by atoms with Crippen LogP contribution in [0.3, 0.4) is 0 Å². The van der Waals surface area contributed by atoms with E-state index in [1.807, 2.05) is 32.0 Å². The number of amides is 2. The van der Waals surface area contributed by atoms with E-state index in [-0.39, 0.29) is 24.0 Å². The molecule has 10 heteroatoms. The first-order valence-corrected chi connectivity index (χ1v) is 11.1. The molecule has 0 unspecified atom stereocenters. The molecule has 0 saturated heterocycles. The second-order valence-electron chi connectivity index (χ2n) is 7.18. The van der Waals surface area contributed by atoms with E-state index in [1.165, 1.54) is 18.9 Å². The highest BCUT2D eigenvalue weighted by atomic mass is 35.5. The molecule has 32 heavy (non-hydrogen) atoms. The zero-order chi connectivity index (χ0) is 23.3. The highest BCUT2D eigenvalue weighted by molar-refractivity contribution is 7.99. The number of ether oxygens (including phenoxy) is 1. The van der Waals surface area contributed by atoms with Crippen molar-refractivity contribution in [1.82, 2.24) is 14.8 Å². The zero-order valence-electron chi connectivity index (χ0n) is 18.2. The number of thioether (sulfide) groups is 1. The smallest absolute Gasteiger partial charge is 0.234 e. The molecule has 3 rings (SSSR count). The van der Waals surface area contributed by atoms with Gasteiger partial charge in [-0.3, -0.25) is 9.59 Å². The van der Waals surface area contributed by atoms with Gasteiger partial charge < -0.3 is 19.9 Å². The molecule has 1 aromatic heterocycles. The summed E-state index contributed by atoms with van der Waals surface area (Å²) in [4.78, 5) is 24.8. The van der Waals surface area contributed by atoms with E-state index in [9.17, 15) is 9.59 Å². The minimum Gasteiger partial charge on any atom is -0.495 e. The van der Waals surface area contributed by atoms with Gasteiger partial charge in [0.1, 0.15) is 11.6 Å². The summed E-state index contributed by atoms with van der Waals surface area (Å²) in [5, 5.41) is 14.9. The Bertz CT molecular complexity index is 1150. The fourth-order valence-electron chi connectivity index (χ4n) is 3.01. The van der Waals surface area contributed by atoms with Gasteiger partial charge in [0.05, 0.1) is 25.0 Å². The lowest BCUT2D eigenvalue weighted by Crippen LogP contribution is -2.18. The van der Waals surface area contributed by atoms with Crippen molar-refractivity contribution < 1.29 is 14.3 Å². The van der Waals surface area contributed by atoms with Crippen molar-refractivity contribution in [1.29, 1.82) is 0 Å². The van der Waals surface area contributed by atoms with E-state index in [0.29, 0.717) is 27.4 Å². The Morgan fingerprint density at radius 2 is 1.81 bits per heavy atom. The van der Waals surface area contributed by atoms with Gasteiger partial charge in [0.2, 0.25) is 11.8 Å². The van der Waals surface area contributed by atoms with Crippen LogP contribution in [-0.4, -0.2) is 39.4 Å². The molecule has 0 atom stereocenters. The number of aromatic nitrogens is 3. The standard InChI is InChI=1S/C22H24ClN5O3S/c1-13-5-7-16(14(2)9-13)24-20(29)11-19-26-27-22(28(19)3)32-12-21(30)25-17-10-15(23)6-8-18(17)31-4/h5-10H,11-12H2,1-4H3,(H,24,29)(H,25,30). The van der Waals surface area contributed by atoms with Crippen LogP contribution in [-0.2, 0) is 23.1 Å². The van der Waals surface area contributed by atoms with E-state index in [1.54, 1.807) is 29.8 Å². The molecule has 3 aromatic rings. The Labute approximate surface area is 195 Å².